The first kappa shape index (κ1) is 20.5. The third-order valence-electron chi connectivity index (χ3n) is 5.04. The molecule has 23 heavy (non-hydrogen) atoms. The Kier molecular flexibility index (Phi) is 9.92. The summed E-state index contributed by atoms with van der Waals surface area (Å²) in [5.41, 5.74) is 5.36. The number of halogens is 1. The summed E-state index contributed by atoms with van der Waals surface area (Å²) in [6.45, 7) is 10.3. The van der Waals surface area contributed by atoms with Crippen molar-refractivity contribution in [2.24, 2.45) is 5.92 Å². The Balaban J connectivity index is 0.00000264. The fraction of sp³-hybridized carbons (Fsp3) is 0.789. The third kappa shape index (κ3) is 6.48. The number of hydrogen-bond donors (Lipinski definition) is 1. The van der Waals surface area contributed by atoms with E-state index in [9.17, 15) is 0 Å². The number of allylic oxidation sites excluding steroid dienone is 2. The van der Waals surface area contributed by atoms with E-state index in [1.54, 1.807) is 5.57 Å². The second-order valence-electron chi connectivity index (χ2n) is 6.93. The Labute approximate surface area is 149 Å². The summed E-state index contributed by atoms with van der Waals surface area (Å²) in [6.07, 6.45) is 16.4. The molecule has 1 atom stereocenters. The van der Waals surface area contributed by atoms with E-state index in [1.807, 2.05) is 0 Å². The van der Waals surface area contributed by atoms with Gasteiger partial charge >= 0.3 is 0 Å². The summed E-state index contributed by atoms with van der Waals surface area (Å²) in [5.74, 6) is 0.885. The number of unbranched alkanes of at least 4 members (excludes halogenated alkanes) is 3. The van der Waals surface area contributed by atoms with Gasteiger partial charge in [-0.05, 0) is 50.2 Å². The molecular weight excluding hydrogens is 306 g/mol. The fourth-order valence-electron chi connectivity index (χ4n) is 3.40. The third-order valence-corrected chi connectivity index (χ3v) is 5.04. The van der Waals surface area contributed by atoms with Crippen molar-refractivity contribution in [1.82, 2.24) is 15.3 Å². The Morgan fingerprint density at radius 3 is 2.52 bits per heavy atom. The van der Waals surface area contributed by atoms with E-state index >= 15 is 0 Å². The molecule has 0 aromatic heterocycles. The van der Waals surface area contributed by atoms with Crippen LogP contribution in [-0.4, -0.2) is 35.7 Å². The number of piperidine rings is 1. The van der Waals surface area contributed by atoms with Crippen molar-refractivity contribution in [1.29, 1.82) is 0 Å². The van der Waals surface area contributed by atoms with Gasteiger partial charge in [0, 0.05) is 25.8 Å². The van der Waals surface area contributed by atoms with E-state index in [0.29, 0.717) is 6.17 Å². The normalized spacial score (nSPS) is 22.8. The maximum Gasteiger partial charge on any atom is 0.114 e. The molecule has 0 amide bonds. The fourth-order valence-corrected chi connectivity index (χ4v) is 3.40. The molecular formula is C19H36ClN3. The number of rotatable bonds is 8. The molecule has 0 spiro atoms. The number of hydrazine groups is 1. The topological polar surface area (TPSA) is 18.5 Å². The molecule has 4 heteroatoms. The van der Waals surface area contributed by atoms with E-state index in [2.05, 4.69) is 54.5 Å². The van der Waals surface area contributed by atoms with Gasteiger partial charge < -0.3 is 4.90 Å². The van der Waals surface area contributed by atoms with E-state index in [-0.39, 0.29) is 12.4 Å². The van der Waals surface area contributed by atoms with Crippen molar-refractivity contribution >= 4 is 12.4 Å². The van der Waals surface area contributed by atoms with Gasteiger partial charge in [0.15, 0.2) is 0 Å². The molecule has 0 aliphatic carbocycles. The highest BCUT2D eigenvalue weighted by atomic mass is 35.5. The van der Waals surface area contributed by atoms with Crippen LogP contribution in [0.2, 0.25) is 0 Å². The number of hydrogen-bond acceptors (Lipinski definition) is 3. The van der Waals surface area contributed by atoms with Crippen LogP contribution in [0, 0.1) is 5.92 Å². The lowest BCUT2D eigenvalue weighted by atomic mass is 9.99. The van der Waals surface area contributed by atoms with Gasteiger partial charge in [-0.2, -0.15) is 0 Å². The quantitative estimate of drug-likeness (QED) is 0.644. The van der Waals surface area contributed by atoms with Crippen molar-refractivity contribution in [3.63, 3.8) is 0 Å². The highest BCUT2D eigenvalue weighted by Gasteiger charge is 2.24. The highest BCUT2D eigenvalue weighted by molar-refractivity contribution is 5.85. The molecule has 0 saturated carbocycles. The molecule has 1 fully saturated rings. The summed E-state index contributed by atoms with van der Waals surface area (Å²) in [6, 6.07) is 0. The lowest BCUT2D eigenvalue weighted by Gasteiger charge is -2.40. The average molecular weight is 342 g/mol. The monoisotopic (exact) mass is 341 g/mol. The van der Waals surface area contributed by atoms with Crippen LogP contribution < -0.4 is 5.43 Å². The predicted octanol–water partition coefficient (Wildman–Crippen LogP) is 4.72. The SMILES string of the molecule is CCCCCCC1=CC=CN(CC)C1NN1CCC(C)CC1.Cl. The molecule has 0 aromatic carbocycles. The zero-order valence-corrected chi connectivity index (χ0v) is 16.1. The second-order valence-corrected chi connectivity index (χ2v) is 6.93. The van der Waals surface area contributed by atoms with E-state index in [4.69, 9.17) is 0 Å². The van der Waals surface area contributed by atoms with E-state index < -0.39 is 0 Å². The molecule has 0 bridgehead atoms. The van der Waals surface area contributed by atoms with Gasteiger partial charge in [-0.25, -0.2) is 10.4 Å². The Hall–Kier alpha value is -0.510. The molecule has 3 nitrogen and oxygen atoms in total. The van der Waals surface area contributed by atoms with Gasteiger partial charge in [-0.1, -0.05) is 39.2 Å². The van der Waals surface area contributed by atoms with Crippen LogP contribution in [0.1, 0.15) is 65.7 Å². The average Bonchev–Trinajstić information content (AvgIpc) is 2.54. The van der Waals surface area contributed by atoms with Crippen molar-refractivity contribution in [3.05, 3.63) is 23.9 Å². The maximum atomic E-state index is 3.81. The smallest absolute Gasteiger partial charge is 0.114 e. The first-order valence-electron chi connectivity index (χ1n) is 9.38. The van der Waals surface area contributed by atoms with Crippen LogP contribution in [0.15, 0.2) is 23.9 Å². The zero-order chi connectivity index (χ0) is 15.8. The highest BCUT2D eigenvalue weighted by Crippen LogP contribution is 2.22. The summed E-state index contributed by atoms with van der Waals surface area (Å²) < 4.78 is 0. The minimum Gasteiger partial charge on any atom is -0.358 e. The Morgan fingerprint density at radius 1 is 1.13 bits per heavy atom. The van der Waals surface area contributed by atoms with Crippen LogP contribution in [-0.2, 0) is 0 Å². The molecule has 2 aliphatic heterocycles. The van der Waals surface area contributed by atoms with Crippen LogP contribution >= 0.6 is 12.4 Å². The molecule has 134 valence electrons. The molecule has 0 radical (unpaired) electrons. The summed E-state index contributed by atoms with van der Waals surface area (Å²) in [7, 11) is 0. The second kappa shape index (κ2) is 11.1. The van der Waals surface area contributed by atoms with Crippen LogP contribution in [0.3, 0.4) is 0 Å². The lowest BCUT2D eigenvalue weighted by Crippen LogP contribution is -2.55. The zero-order valence-electron chi connectivity index (χ0n) is 15.3. The summed E-state index contributed by atoms with van der Waals surface area (Å²) in [5, 5.41) is 2.45. The molecule has 0 aromatic rings. The number of likely N-dealkylation sites (N-methyl/N-ethyl adjacent to an activating group) is 1. The van der Waals surface area contributed by atoms with E-state index in [1.165, 1.54) is 58.0 Å². The van der Waals surface area contributed by atoms with Crippen molar-refractivity contribution in [3.8, 4) is 0 Å². The Bertz CT molecular complexity index is 373. The maximum absolute atomic E-state index is 3.81. The number of nitrogens with zero attached hydrogens (tertiary/aromatic N) is 2. The van der Waals surface area contributed by atoms with Crippen molar-refractivity contribution in [2.75, 3.05) is 19.6 Å². The van der Waals surface area contributed by atoms with Crippen LogP contribution in [0.4, 0.5) is 0 Å². The first-order valence-corrected chi connectivity index (χ1v) is 9.38. The largest absolute Gasteiger partial charge is 0.358 e. The van der Waals surface area contributed by atoms with Gasteiger partial charge in [0.1, 0.15) is 6.17 Å². The molecule has 2 rings (SSSR count). The Morgan fingerprint density at radius 2 is 1.87 bits per heavy atom. The standard InChI is InChI=1S/C19H35N3.ClH/c1-4-6-7-8-10-18-11-9-14-21(5-2)19(18)20-22-15-12-17(3)13-16-22;/h9,11,14,17,19-20H,4-8,10,12-13,15-16H2,1-3H3;1H. The van der Waals surface area contributed by atoms with Gasteiger partial charge in [0.25, 0.3) is 0 Å². The van der Waals surface area contributed by atoms with E-state index in [0.717, 1.165) is 12.5 Å². The summed E-state index contributed by atoms with van der Waals surface area (Å²) in [4.78, 5) is 2.44. The van der Waals surface area contributed by atoms with Gasteiger partial charge in [0.05, 0.1) is 0 Å². The molecule has 1 N–H and O–H groups in total. The van der Waals surface area contributed by atoms with Crippen molar-refractivity contribution in [2.45, 2.75) is 71.9 Å². The number of nitrogens with one attached hydrogen (secondary N) is 1. The predicted molar refractivity (Wildman–Crippen MR) is 103 cm³/mol. The molecule has 2 heterocycles. The van der Waals surface area contributed by atoms with Gasteiger partial charge in [0.2, 0.25) is 0 Å². The van der Waals surface area contributed by atoms with Crippen molar-refractivity contribution < 1.29 is 0 Å². The van der Waals surface area contributed by atoms with Crippen LogP contribution in [0.25, 0.3) is 0 Å². The molecule has 2 aliphatic rings. The minimum atomic E-state index is 0. The van der Waals surface area contributed by atoms with Gasteiger partial charge in [-0.15, -0.1) is 12.4 Å². The van der Waals surface area contributed by atoms with Crippen LogP contribution in [0.5, 0.6) is 0 Å². The molecule has 1 saturated heterocycles. The summed E-state index contributed by atoms with van der Waals surface area (Å²) >= 11 is 0. The first-order chi connectivity index (χ1) is 10.7. The van der Waals surface area contributed by atoms with Gasteiger partial charge in [-0.3, -0.25) is 0 Å². The molecule has 1 unspecified atom stereocenters. The minimum absolute atomic E-state index is 0. The lowest BCUT2D eigenvalue weighted by molar-refractivity contribution is 0.0741.